The Hall–Kier alpha value is -3.66. The molecule has 1 aliphatic carbocycles. The number of carboxylic acid groups (broad SMARTS) is 2. The second-order valence-electron chi connectivity index (χ2n) is 6.82. The molecule has 0 aliphatic heterocycles. The smallest absolute Gasteiger partial charge is 0.319 e. The lowest BCUT2D eigenvalue weighted by Gasteiger charge is -2.38. The third-order valence-corrected chi connectivity index (χ3v) is 5.33. The lowest BCUT2D eigenvalue weighted by atomic mass is 9.61. The molecule has 4 heteroatoms. The van der Waals surface area contributed by atoms with Gasteiger partial charge in [0.1, 0.15) is 11.3 Å². The summed E-state index contributed by atoms with van der Waals surface area (Å²) in [5.41, 5.74) is 1.54. The summed E-state index contributed by atoms with van der Waals surface area (Å²) in [4.78, 5) is 25.0. The Labute approximate surface area is 162 Å². The largest absolute Gasteiger partial charge is 0.481 e. The van der Waals surface area contributed by atoms with Gasteiger partial charge < -0.3 is 10.2 Å². The van der Waals surface area contributed by atoms with Crippen molar-refractivity contribution in [2.75, 3.05) is 0 Å². The zero-order valence-electron chi connectivity index (χ0n) is 14.9. The molecule has 0 radical (unpaired) electrons. The molecular formula is C24H18O4. The number of benzene rings is 3. The molecule has 3 aromatic rings. The SMILES string of the molecule is O=C(O)C1c2ccccc2C(c2ccccc2)=CC1(C(=O)O)c1ccccc1. The van der Waals surface area contributed by atoms with Crippen LogP contribution in [0.5, 0.6) is 0 Å². The topological polar surface area (TPSA) is 74.6 Å². The van der Waals surface area contributed by atoms with E-state index in [0.717, 1.165) is 16.7 Å². The van der Waals surface area contributed by atoms with Crippen LogP contribution in [0, 0.1) is 0 Å². The van der Waals surface area contributed by atoms with Crippen molar-refractivity contribution in [1.29, 1.82) is 0 Å². The van der Waals surface area contributed by atoms with Gasteiger partial charge in [-0.3, -0.25) is 9.59 Å². The molecule has 0 aromatic heterocycles. The first-order chi connectivity index (χ1) is 13.6. The zero-order valence-corrected chi connectivity index (χ0v) is 14.9. The molecule has 1 aliphatic rings. The van der Waals surface area contributed by atoms with Gasteiger partial charge in [-0.1, -0.05) is 91.0 Å². The van der Waals surface area contributed by atoms with Gasteiger partial charge in [-0.2, -0.15) is 0 Å². The van der Waals surface area contributed by atoms with E-state index in [9.17, 15) is 19.8 Å². The maximum absolute atomic E-state index is 12.7. The summed E-state index contributed by atoms with van der Waals surface area (Å²) in [6.07, 6.45) is 1.61. The maximum atomic E-state index is 12.7. The lowest BCUT2D eigenvalue weighted by molar-refractivity contribution is -0.150. The highest BCUT2D eigenvalue weighted by molar-refractivity contribution is 6.01. The quantitative estimate of drug-likeness (QED) is 0.717. The Morgan fingerprint density at radius 2 is 1.32 bits per heavy atom. The van der Waals surface area contributed by atoms with Crippen LogP contribution in [0.2, 0.25) is 0 Å². The Morgan fingerprint density at radius 3 is 1.93 bits per heavy atom. The van der Waals surface area contributed by atoms with Gasteiger partial charge in [-0.15, -0.1) is 0 Å². The maximum Gasteiger partial charge on any atom is 0.319 e. The number of rotatable bonds is 4. The van der Waals surface area contributed by atoms with E-state index in [1.165, 1.54) is 0 Å². The highest BCUT2D eigenvalue weighted by atomic mass is 16.4. The monoisotopic (exact) mass is 370 g/mol. The molecular weight excluding hydrogens is 352 g/mol. The molecule has 28 heavy (non-hydrogen) atoms. The summed E-state index contributed by atoms with van der Waals surface area (Å²) in [5.74, 6) is -3.59. The van der Waals surface area contributed by atoms with Crippen LogP contribution in [-0.2, 0) is 15.0 Å². The Morgan fingerprint density at radius 1 is 0.750 bits per heavy atom. The molecule has 3 aromatic carbocycles. The van der Waals surface area contributed by atoms with E-state index in [0.29, 0.717) is 11.1 Å². The van der Waals surface area contributed by atoms with Crippen molar-refractivity contribution < 1.29 is 19.8 Å². The molecule has 2 atom stereocenters. The van der Waals surface area contributed by atoms with Crippen LogP contribution in [0.4, 0.5) is 0 Å². The fourth-order valence-electron chi connectivity index (χ4n) is 4.09. The van der Waals surface area contributed by atoms with E-state index in [-0.39, 0.29) is 0 Å². The average Bonchev–Trinajstić information content (AvgIpc) is 2.73. The molecule has 0 saturated carbocycles. The van der Waals surface area contributed by atoms with E-state index >= 15 is 0 Å². The van der Waals surface area contributed by atoms with Gasteiger partial charge in [0.25, 0.3) is 0 Å². The third-order valence-electron chi connectivity index (χ3n) is 5.33. The molecule has 0 amide bonds. The summed E-state index contributed by atoms with van der Waals surface area (Å²) < 4.78 is 0. The van der Waals surface area contributed by atoms with Crippen molar-refractivity contribution in [3.8, 4) is 0 Å². The fourth-order valence-corrected chi connectivity index (χ4v) is 4.09. The standard InChI is InChI=1S/C24H18O4/c25-22(26)21-19-14-8-7-13-18(19)20(16-9-3-1-4-10-16)15-24(21,23(27)28)17-11-5-2-6-12-17/h1-15,21H,(H,25,26)(H,27,28). The highest BCUT2D eigenvalue weighted by Crippen LogP contribution is 2.49. The number of carboxylic acids is 2. The van der Waals surface area contributed by atoms with Crippen molar-refractivity contribution in [2.45, 2.75) is 11.3 Å². The van der Waals surface area contributed by atoms with Gasteiger partial charge in [0, 0.05) is 0 Å². The summed E-state index contributed by atoms with van der Waals surface area (Å²) in [6.45, 7) is 0. The zero-order chi connectivity index (χ0) is 19.7. The van der Waals surface area contributed by atoms with Gasteiger partial charge >= 0.3 is 11.9 Å². The highest BCUT2D eigenvalue weighted by Gasteiger charge is 2.53. The molecule has 0 fully saturated rings. The summed E-state index contributed by atoms with van der Waals surface area (Å²) in [7, 11) is 0. The Balaban J connectivity index is 2.12. The normalized spacial score (nSPS) is 20.7. The van der Waals surface area contributed by atoms with E-state index in [1.54, 1.807) is 48.5 Å². The minimum absolute atomic E-state index is 0.442. The van der Waals surface area contributed by atoms with Crippen molar-refractivity contribution in [3.63, 3.8) is 0 Å². The average molecular weight is 370 g/mol. The molecule has 138 valence electrons. The second-order valence-corrected chi connectivity index (χ2v) is 6.82. The van der Waals surface area contributed by atoms with Gasteiger partial charge in [-0.25, -0.2) is 0 Å². The van der Waals surface area contributed by atoms with Crippen molar-refractivity contribution in [2.24, 2.45) is 0 Å². The van der Waals surface area contributed by atoms with Gasteiger partial charge in [-0.05, 0) is 27.8 Å². The predicted octanol–water partition coefficient (Wildman–Crippen LogP) is 4.32. The number of hydrogen-bond donors (Lipinski definition) is 2. The molecule has 2 N–H and O–H groups in total. The van der Waals surface area contributed by atoms with E-state index in [1.807, 2.05) is 42.5 Å². The summed E-state index contributed by atoms with van der Waals surface area (Å²) >= 11 is 0. The Kier molecular flexibility index (Phi) is 4.32. The van der Waals surface area contributed by atoms with E-state index in [2.05, 4.69) is 0 Å². The molecule has 0 spiro atoms. The van der Waals surface area contributed by atoms with E-state index in [4.69, 9.17) is 0 Å². The van der Waals surface area contributed by atoms with Crippen molar-refractivity contribution in [3.05, 3.63) is 113 Å². The van der Waals surface area contributed by atoms with Crippen LogP contribution in [0.15, 0.2) is 91.0 Å². The summed E-state index contributed by atoms with van der Waals surface area (Å²) in [5, 5.41) is 20.4. The molecule has 0 bridgehead atoms. The molecule has 2 unspecified atom stereocenters. The molecule has 0 heterocycles. The van der Waals surface area contributed by atoms with Gasteiger partial charge in [0.05, 0.1) is 0 Å². The molecule has 4 rings (SSSR count). The van der Waals surface area contributed by atoms with Crippen LogP contribution in [-0.4, -0.2) is 22.2 Å². The number of fused-ring (bicyclic) bond motifs is 1. The number of carbonyl (C=O) groups is 2. The van der Waals surface area contributed by atoms with Crippen LogP contribution in [0.3, 0.4) is 0 Å². The van der Waals surface area contributed by atoms with Gasteiger partial charge in [0.2, 0.25) is 0 Å². The first-order valence-corrected chi connectivity index (χ1v) is 8.95. The number of hydrogen-bond acceptors (Lipinski definition) is 2. The minimum atomic E-state index is -1.72. The molecule has 4 nitrogen and oxygen atoms in total. The van der Waals surface area contributed by atoms with Crippen molar-refractivity contribution in [1.82, 2.24) is 0 Å². The molecule has 0 saturated heterocycles. The first kappa shape index (κ1) is 17.7. The van der Waals surface area contributed by atoms with Crippen LogP contribution in [0.1, 0.15) is 28.2 Å². The minimum Gasteiger partial charge on any atom is -0.481 e. The van der Waals surface area contributed by atoms with E-state index < -0.39 is 23.3 Å². The lowest BCUT2D eigenvalue weighted by Crippen LogP contribution is -2.45. The Bertz CT molecular complexity index is 1070. The first-order valence-electron chi connectivity index (χ1n) is 8.95. The number of aliphatic carboxylic acids is 2. The van der Waals surface area contributed by atoms with Crippen LogP contribution < -0.4 is 0 Å². The fraction of sp³-hybridized carbons (Fsp3) is 0.0833. The third kappa shape index (κ3) is 2.62. The predicted molar refractivity (Wildman–Crippen MR) is 106 cm³/mol. The van der Waals surface area contributed by atoms with Crippen molar-refractivity contribution >= 4 is 17.5 Å². The van der Waals surface area contributed by atoms with Crippen LogP contribution >= 0.6 is 0 Å². The summed E-state index contributed by atoms with van der Waals surface area (Å²) in [6, 6.07) is 25.2. The second kappa shape index (κ2) is 6.82. The van der Waals surface area contributed by atoms with Gasteiger partial charge in [0.15, 0.2) is 0 Å². The van der Waals surface area contributed by atoms with Crippen LogP contribution in [0.25, 0.3) is 5.57 Å².